The van der Waals surface area contributed by atoms with Crippen molar-refractivity contribution in [1.82, 2.24) is 0 Å². The molecule has 12 heavy (non-hydrogen) atoms. The zero-order valence-electron chi connectivity index (χ0n) is 7.36. The summed E-state index contributed by atoms with van der Waals surface area (Å²) in [5.41, 5.74) is 0.479. The van der Waals surface area contributed by atoms with Crippen LogP contribution >= 0.6 is 0 Å². The molecule has 0 saturated heterocycles. The first kappa shape index (κ1) is 10.4. The van der Waals surface area contributed by atoms with Crippen LogP contribution in [0.15, 0.2) is 32.2 Å². The molecular weight excluding hydrogens is 152 g/mol. The highest BCUT2D eigenvalue weighted by Gasteiger charge is 1.96. The highest BCUT2D eigenvalue weighted by molar-refractivity contribution is 6.04. The van der Waals surface area contributed by atoms with E-state index in [0.29, 0.717) is 11.5 Å². The Morgan fingerprint density at radius 3 is 2.50 bits per heavy atom. The number of nitrogens with zero attached hydrogens (tertiary/aromatic N) is 4. The summed E-state index contributed by atoms with van der Waals surface area (Å²) >= 11 is 0. The summed E-state index contributed by atoms with van der Waals surface area (Å²) < 4.78 is 0. The number of rotatable bonds is 3. The van der Waals surface area contributed by atoms with Gasteiger partial charge in [0.1, 0.15) is 12.0 Å². The van der Waals surface area contributed by atoms with Crippen LogP contribution in [-0.4, -0.2) is 32.2 Å². The average Bonchev–Trinajstić information content (AvgIpc) is 2.06. The Kier molecular flexibility index (Phi) is 5.34. The zero-order chi connectivity index (χ0) is 9.40. The Morgan fingerprint density at radius 2 is 2.08 bits per heavy atom. The lowest BCUT2D eigenvalue weighted by Crippen LogP contribution is -1.95. The highest BCUT2D eigenvalue weighted by Crippen LogP contribution is 1.96. The molecule has 0 aliphatic carbocycles. The normalized spacial score (nSPS) is 12.7. The maximum atomic E-state index is 3.90. The predicted octanol–water partition coefficient (Wildman–Crippen LogP) is 1.35. The van der Waals surface area contributed by atoms with Crippen LogP contribution in [0.1, 0.15) is 6.92 Å². The molecule has 0 aromatic heterocycles. The number of hydrogen-bond acceptors (Lipinski definition) is 2. The third-order valence-electron chi connectivity index (χ3n) is 0.988. The zero-order valence-corrected chi connectivity index (χ0v) is 7.36. The summed E-state index contributed by atoms with van der Waals surface area (Å²) in [7, 11) is 1.62. The first-order valence-electron chi connectivity index (χ1n) is 3.39. The van der Waals surface area contributed by atoms with Crippen molar-refractivity contribution in [2.24, 2.45) is 20.0 Å². The van der Waals surface area contributed by atoms with Gasteiger partial charge in [0, 0.05) is 13.3 Å². The maximum Gasteiger partial charge on any atom is 0.178 e. The summed E-state index contributed by atoms with van der Waals surface area (Å²) in [6.07, 6.45) is 2.99. The third-order valence-corrected chi connectivity index (χ3v) is 0.988. The number of aliphatic imine (C=N–C) groups is 4. The van der Waals surface area contributed by atoms with E-state index in [1.807, 2.05) is 0 Å². The molecule has 0 N–H and O–H groups in total. The smallest absolute Gasteiger partial charge is 0.178 e. The van der Waals surface area contributed by atoms with Gasteiger partial charge < -0.3 is 0 Å². The number of hydrogen-bond donors (Lipinski definition) is 0. The van der Waals surface area contributed by atoms with E-state index in [1.165, 1.54) is 6.34 Å². The first-order chi connectivity index (χ1) is 5.76. The minimum Gasteiger partial charge on any atom is -0.277 e. The van der Waals surface area contributed by atoms with Crippen molar-refractivity contribution < 1.29 is 0 Å². The fourth-order valence-corrected chi connectivity index (χ4v) is 0.533. The fraction of sp³-hybridized carbons (Fsp3) is 0.250. The molecule has 0 radical (unpaired) electrons. The van der Waals surface area contributed by atoms with Crippen LogP contribution in [0.5, 0.6) is 0 Å². The first-order valence-corrected chi connectivity index (χ1v) is 3.39. The van der Waals surface area contributed by atoms with E-state index >= 15 is 0 Å². The van der Waals surface area contributed by atoms with E-state index in [4.69, 9.17) is 0 Å². The molecule has 0 saturated carbocycles. The van der Waals surface area contributed by atoms with Crippen molar-refractivity contribution in [3.63, 3.8) is 0 Å². The van der Waals surface area contributed by atoms with Gasteiger partial charge in [0.15, 0.2) is 5.84 Å². The summed E-state index contributed by atoms with van der Waals surface area (Å²) in [4.78, 5) is 15.1. The Morgan fingerprint density at radius 1 is 1.42 bits per heavy atom. The van der Waals surface area contributed by atoms with Crippen molar-refractivity contribution in [2.45, 2.75) is 6.92 Å². The lowest BCUT2D eigenvalue weighted by molar-refractivity contribution is 1.40. The van der Waals surface area contributed by atoms with Crippen LogP contribution in [0.25, 0.3) is 0 Å². The van der Waals surface area contributed by atoms with Crippen molar-refractivity contribution in [3.05, 3.63) is 12.3 Å². The second-order valence-electron chi connectivity index (χ2n) is 1.82. The Bertz CT molecular complexity index is 248. The lowest BCUT2D eigenvalue weighted by Gasteiger charge is -1.94. The van der Waals surface area contributed by atoms with Crippen LogP contribution in [-0.2, 0) is 0 Å². The van der Waals surface area contributed by atoms with Gasteiger partial charge in [-0.3, -0.25) is 9.98 Å². The van der Waals surface area contributed by atoms with Gasteiger partial charge in [-0.25, -0.2) is 9.98 Å². The second-order valence-corrected chi connectivity index (χ2v) is 1.82. The SMILES string of the molecule is C=NC(=NC=NC)C(=C)N=CC. The van der Waals surface area contributed by atoms with Crippen LogP contribution in [0.4, 0.5) is 0 Å². The van der Waals surface area contributed by atoms with Crippen LogP contribution in [0.2, 0.25) is 0 Å². The minimum absolute atomic E-state index is 0.388. The minimum atomic E-state index is 0.388. The number of amidine groups is 1. The molecule has 0 atom stereocenters. The van der Waals surface area contributed by atoms with Crippen molar-refractivity contribution >= 4 is 25.1 Å². The molecule has 0 aromatic rings. The quantitative estimate of drug-likeness (QED) is 0.446. The van der Waals surface area contributed by atoms with Gasteiger partial charge in [0.25, 0.3) is 0 Å². The topological polar surface area (TPSA) is 49.4 Å². The van der Waals surface area contributed by atoms with E-state index in [-0.39, 0.29) is 0 Å². The predicted molar refractivity (Wildman–Crippen MR) is 54.7 cm³/mol. The van der Waals surface area contributed by atoms with Crippen LogP contribution in [0, 0.1) is 0 Å². The van der Waals surface area contributed by atoms with E-state index in [2.05, 4.69) is 33.3 Å². The molecular formula is C8H12N4. The molecule has 4 heteroatoms. The molecule has 4 nitrogen and oxygen atoms in total. The maximum absolute atomic E-state index is 3.90. The van der Waals surface area contributed by atoms with Gasteiger partial charge >= 0.3 is 0 Å². The van der Waals surface area contributed by atoms with Gasteiger partial charge in [-0.15, -0.1) is 0 Å². The van der Waals surface area contributed by atoms with E-state index < -0.39 is 0 Å². The van der Waals surface area contributed by atoms with Crippen LogP contribution < -0.4 is 0 Å². The molecule has 0 aliphatic heterocycles. The highest BCUT2D eigenvalue weighted by atomic mass is 15.0. The summed E-state index contributed by atoms with van der Waals surface area (Å²) in [6.45, 7) is 8.78. The molecule has 0 unspecified atom stereocenters. The van der Waals surface area contributed by atoms with Gasteiger partial charge in [-0.1, -0.05) is 6.58 Å². The van der Waals surface area contributed by atoms with E-state index in [1.54, 1.807) is 20.2 Å². The van der Waals surface area contributed by atoms with Gasteiger partial charge in [-0.05, 0) is 13.6 Å². The van der Waals surface area contributed by atoms with Gasteiger partial charge in [0.2, 0.25) is 0 Å². The Hall–Kier alpha value is -1.58. The van der Waals surface area contributed by atoms with E-state index in [0.717, 1.165) is 0 Å². The standard InChI is InChI=1S/C8H12N4/c1-5-11-7(2)8(10-4)12-6-9-3/h5-6H,2,4H2,1,3H3. The summed E-state index contributed by atoms with van der Waals surface area (Å²) in [5.74, 6) is 0.388. The molecule has 0 aliphatic rings. The van der Waals surface area contributed by atoms with Crippen molar-refractivity contribution in [3.8, 4) is 0 Å². The monoisotopic (exact) mass is 164 g/mol. The Balaban J connectivity index is 4.55. The largest absolute Gasteiger partial charge is 0.277 e. The van der Waals surface area contributed by atoms with Gasteiger partial charge in [-0.2, -0.15) is 0 Å². The fourth-order valence-electron chi connectivity index (χ4n) is 0.533. The second kappa shape index (κ2) is 6.15. The molecule has 0 heterocycles. The Labute approximate surface area is 72.2 Å². The lowest BCUT2D eigenvalue weighted by atomic mass is 10.4. The molecule has 0 spiro atoms. The van der Waals surface area contributed by atoms with Gasteiger partial charge in [0.05, 0.1) is 0 Å². The molecule has 0 fully saturated rings. The summed E-state index contributed by atoms with van der Waals surface area (Å²) in [5, 5.41) is 0. The van der Waals surface area contributed by atoms with Crippen LogP contribution in [0.3, 0.4) is 0 Å². The molecule has 0 aromatic carbocycles. The molecule has 0 rings (SSSR count). The summed E-state index contributed by atoms with van der Waals surface area (Å²) in [6, 6.07) is 0. The molecule has 64 valence electrons. The third kappa shape index (κ3) is 3.55. The average molecular weight is 164 g/mol. The molecule has 0 amide bonds. The van der Waals surface area contributed by atoms with Crippen molar-refractivity contribution in [1.29, 1.82) is 0 Å². The van der Waals surface area contributed by atoms with E-state index in [9.17, 15) is 0 Å². The molecule has 0 bridgehead atoms. The van der Waals surface area contributed by atoms with Crippen molar-refractivity contribution in [2.75, 3.05) is 7.05 Å².